The zero-order chi connectivity index (χ0) is 22.3. The van der Waals surface area contributed by atoms with Gasteiger partial charge in [-0.2, -0.15) is 0 Å². The SMILES string of the molecule is C[C@H](NC(=O)[C@@H](N)CC(N)=O)C(=O)N[C@@H](CC(=O)O)C(=O)N1CCC[C@@H]1C(=O)O. The van der Waals surface area contributed by atoms with E-state index in [1.165, 1.54) is 6.92 Å². The maximum atomic E-state index is 12.6. The fourth-order valence-corrected chi connectivity index (χ4v) is 2.85. The summed E-state index contributed by atoms with van der Waals surface area (Å²) < 4.78 is 0. The van der Waals surface area contributed by atoms with Crippen molar-refractivity contribution in [2.24, 2.45) is 11.5 Å². The smallest absolute Gasteiger partial charge is 0.326 e. The van der Waals surface area contributed by atoms with Gasteiger partial charge in [0.25, 0.3) is 0 Å². The molecule has 0 bridgehead atoms. The third-order valence-corrected chi connectivity index (χ3v) is 4.32. The lowest BCUT2D eigenvalue weighted by Gasteiger charge is -2.27. The predicted octanol–water partition coefficient (Wildman–Crippen LogP) is -3.27. The summed E-state index contributed by atoms with van der Waals surface area (Å²) in [5.41, 5.74) is 10.4. The Morgan fingerprint density at radius 2 is 1.69 bits per heavy atom. The third kappa shape index (κ3) is 7.03. The van der Waals surface area contributed by atoms with Crippen LogP contribution in [-0.2, 0) is 28.8 Å². The Balaban J connectivity index is 2.81. The molecule has 0 aromatic rings. The molecule has 29 heavy (non-hydrogen) atoms. The highest BCUT2D eigenvalue weighted by atomic mass is 16.4. The van der Waals surface area contributed by atoms with Crippen molar-refractivity contribution in [1.82, 2.24) is 15.5 Å². The number of hydrogen-bond acceptors (Lipinski definition) is 7. The molecule has 0 aromatic heterocycles. The van der Waals surface area contributed by atoms with Crippen molar-refractivity contribution >= 4 is 35.6 Å². The highest BCUT2D eigenvalue weighted by Crippen LogP contribution is 2.19. The lowest BCUT2D eigenvalue weighted by molar-refractivity contribution is -0.150. The quantitative estimate of drug-likeness (QED) is 0.210. The van der Waals surface area contributed by atoms with Crippen LogP contribution >= 0.6 is 0 Å². The molecule has 1 fully saturated rings. The van der Waals surface area contributed by atoms with Crippen molar-refractivity contribution in [3.63, 3.8) is 0 Å². The third-order valence-electron chi connectivity index (χ3n) is 4.32. The fourth-order valence-electron chi connectivity index (χ4n) is 2.85. The molecule has 13 nitrogen and oxygen atoms in total. The van der Waals surface area contributed by atoms with E-state index in [0.29, 0.717) is 6.42 Å². The first kappa shape index (κ1) is 23.8. The van der Waals surface area contributed by atoms with Crippen LogP contribution in [0.1, 0.15) is 32.6 Å². The molecule has 4 amide bonds. The minimum atomic E-state index is -1.52. The van der Waals surface area contributed by atoms with Gasteiger partial charge in [-0.1, -0.05) is 0 Å². The van der Waals surface area contributed by atoms with Gasteiger partial charge >= 0.3 is 11.9 Å². The molecule has 0 saturated carbocycles. The number of carbonyl (C=O) groups is 6. The van der Waals surface area contributed by atoms with Gasteiger partial charge in [-0.05, 0) is 19.8 Å². The second-order valence-corrected chi connectivity index (χ2v) is 6.69. The van der Waals surface area contributed by atoms with Crippen LogP contribution in [-0.4, -0.2) is 81.4 Å². The lowest BCUT2D eigenvalue weighted by Crippen LogP contribution is -2.57. The minimum Gasteiger partial charge on any atom is -0.481 e. The molecule has 1 saturated heterocycles. The number of rotatable bonds is 10. The molecule has 8 N–H and O–H groups in total. The van der Waals surface area contributed by atoms with Crippen LogP contribution in [0.3, 0.4) is 0 Å². The Morgan fingerprint density at radius 1 is 1.07 bits per heavy atom. The van der Waals surface area contributed by atoms with Crippen LogP contribution in [0.4, 0.5) is 0 Å². The van der Waals surface area contributed by atoms with Gasteiger partial charge in [0.1, 0.15) is 18.1 Å². The monoisotopic (exact) mass is 415 g/mol. The molecule has 0 spiro atoms. The molecule has 162 valence electrons. The van der Waals surface area contributed by atoms with E-state index < -0.39 is 72.6 Å². The van der Waals surface area contributed by atoms with Gasteiger partial charge in [0, 0.05) is 6.54 Å². The average molecular weight is 415 g/mol. The number of likely N-dealkylation sites (tertiary alicyclic amines) is 1. The van der Waals surface area contributed by atoms with E-state index in [1.54, 1.807) is 0 Å². The summed E-state index contributed by atoms with van der Waals surface area (Å²) in [6, 6.07) is -5.10. The molecule has 4 atom stereocenters. The molecule has 0 radical (unpaired) electrons. The van der Waals surface area contributed by atoms with Crippen LogP contribution in [0.25, 0.3) is 0 Å². The fraction of sp³-hybridized carbons (Fsp3) is 0.625. The van der Waals surface area contributed by atoms with E-state index >= 15 is 0 Å². The molecule has 1 aliphatic heterocycles. The summed E-state index contributed by atoms with van der Waals surface area (Å²) in [6.07, 6.45) is -0.555. The van der Waals surface area contributed by atoms with Gasteiger partial charge < -0.3 is 37.2 Å². The first-order valence-electron chi connectivity index (χ1n) is 8.83. The van der Waals surface area contributed by atoms with Crippen molar-refractivity contribution in [3.05, 3.63) is 0 Å². The molecular weight excluding hydrogens is 390 g/mol. The largest absolute Gasteiger partial charge is 0.481 e. The van der Waals surface area contributed by atoms with Crippen molar-refractivity contribution in [2.45, 2.75) is 56.8 Å². The summed E-state index contributed by atoms with van der Waals surface area (Å²) in [4.78, 5) is 71.0. The normalized spacial score (nSPS) is 19.0. The van der Waals surface area contributed by atoms with Gasteiger partial charge in [0.2, 0.25) is 23.6 Å². The first-order valence-corrected chi connectivity index (χ1v) is 8.83. The van der Waals surface area contributed by atoms with Gasteiger partial charge in [-0.25, -0.2) is 4.79 Å². The van der Waals surface area contributed by atoms with Crippen LogP contribution < -0.4 is 22.1 Å². The summed E-state index contributed by atoms with van der Waals surface area (Å²) in [5.74, 6) is -5.96. The maximum Gasteiger partial charge on any atom is 0.326 e. The van der Waals surface area contributed by atoms with Gasteiger partial charge in [-0.15, -0.1) is 0 Å². The predicted molar refractivity (Wildman–Crippen MR) is 95.9 cm³/mol. The Hall–Kier alpha value is -3.22. The molecule has 0 unspecified atom stereocenters. The van der Waals surface area contributed by atoms with Crippen molar-refractivity contribution < 1.29 is 39.0 Å². The van der Waals surface area contributed by atoms with Crippen molar-refractivity contribution in [3.8, 4) is 0 Å². The Morgan fingerprint density at radius 3 is 2.21 bits per heavy atom. The van der Waals surface area contributed by atoms with Crippen LogP contribution in [0.5, 0.6) is 0 Å². The van der Waals surface area contributed by atoms with Gasteiger partial charge in [0.15, 0.2) is 0 Å². The second-order valence-electron chi connectivity index (χ2n) is 6.69. The molecule has 13 heteroatoms. The highest BCUT2D eigenvalue weighted by molar-refractivity contribution is 5.96. The number of hydrogen-bond donors (Lipinski definition) is 6. The minimum absolute atomic E-state index is 0.121. The summed E-state index contributed by atoms with van der Waals surface area (Å²) in [5, 5.41) is 22.7. The van der Waals surface area contributed by atoms with Crippen LogP contribution in [0.2, 0.25) is 0 Å². The summed E-state index contributed by atoms with van der Waals surface area (Å²) >= 11 is 0. The number of amides is 4. The molecular formula is C16H25N5O8. The number of aliphatic carboxylic acids is 2. The number of primary amides is 1. The molecule has 0 aliphatic carbocycles. The van der Waals surface area contributed by atoms with E-state index in [1.807, 2.05) is 0 Å². The van der Waals surface area contributed by atoms with Gasteiger partial charge in [0.05, 0.1) is 18.9 Å². The molecule has 1 aliphatic rings. The lowest BCUT2D eigenvalue weighted by atomic mass is 10.1. The Kier molecular flexibility index (Phi) is 8.51. The number of carboxylic acid groups (broad SMARTS) is 2. The number of nitrogens with zero attached hydrogens (tertiary/aromatic N) is 1. The van der Waals surface area contributed by atoms with Crippen molar-refractivity contribution in [1.29, 1.82) is 0 Å². The number of carboxylic acids is 2. The van der Waals surface area contributed by atoms with E-state index in [4.69, 9.17) is 16.6 Å². The zero-order valence-corrected chi connectivity index (χ0v) is 15.8. The van der Waals surface area contributed by atoms with Crippen molar-refractivity contribution in [2.75, 3.05) is 6.54 Å². The van der Waals surface area contributed by atoms with E-state index in [-0.39, 0.29) is 13.0 Å². The second kappa shape index (κ2) is 10.4. The van der Waals surface area contributed by atoms with Crippen LogP contribution in [0.15, 0.2) is 0 Å². The molecule has 0 aromatic carbocycles. The maximum absolute atomic E-state index is 12.6. The number of carbonyl (C=O) groups excluding carboxylic acids is 4. The Bertz CT molecular complexity index is 697. The van der Waals surface area contributed by atoms with Gasteiger partial charge in [-0.3, -0.25) is 24.0 Å². The number of nitrogens with one attached hydrogen (secondary N) is 2. The van der Waals surface area contributed by atoms with E-state index in [0.717, 1.165) is 4.90 Å². The summed E-state index contributed by atoms with van der Waals surface area (Å²) in [6.45, 7) is 1.39. The highest BCUT2D eigenvalue weighted by Gasteiger charge is 2.38. The Labute approximate surface area is 165 Å². The zero-order valence-electron chi connectivity index (χ0n) is 15.8. The average Bonchev–Trinajstić information content (AvgIpc) is 3.09. The summed E-state index contributed by atoms with van der Waals surface area (Å²) in [7, 11) is 0. The topological polar surface area (TPSA) is 222 Å². The number of nitrogens with two attached hydrogens (primary N) is 2. The van der Waals surface area contributed by atoms with Crippen LogP contribution in [0, 0.1) is 0 Å². The first-order chi connectivity index (χ1) is 13.4. The van der Waals surface area contributed by atoms with E-state index in [2.05, 4.69) is 10.6 Å². The molecule has 1 rings (SSSR count). The van der Waals surface area contributed by atoms with E-state index in [9.17, 15) is 33.9 Å². The molecule has 1 heterocycles. The standard InChI is InChI=1S/C16H25N5O8/c1-7(19-14(26)8(17)5-11(18)22)13(25)20-9(6-12(23)24)15(27)21-4-2-3-10(21)16(28)29/h7-10H,2-6,17H2,1H3,(H2,18,22)(H,19,26)(H,20,25)(H,23,24)(H,28,29)/t7-,8-,9-,10+/m0/s1.